The molecule has 0 aromatic carbocycles. The van der Waals surface area contributed by atoms with Crippen molar-refractivity contribution in [2.24, 2.45) is 11.8 Å². The average molecular weight is 475 g/mol. The van der Waals surface area contributed by atoms with E-state index in [1.54, 1.807) is 13.8 Å². The van der Waals surface area contributed by atoms with Crippen LogP contribution in [0.3, 0.4) is 0 Å². The Morgan fingerprint density at radius 1 is 1.08 bits per heavy atom. The first-order valence-corrected chi connectivity index (χ1v) is 9.44. The molecule has 0 aliphatic carbocycles. The summed E-state index contributed by atoms with van der Waals surface area (Å²) in [7, 11) is 2.63. The molecule has 25 heavy (non-hydrogen) atoms. The molecule has 1 fully saturated rings. The molecule has 0 aromatic rings. The lowest BCUT2D eigenvalue weighted by atomic mass is 9.93. The fourth-order valence-electron chi connectivity index (χ4n) is 2.29. The normalized spacial score (nSPS) is 27.1. The lowest BCUT2D eigenvalue weighted by molar-refractivity contribution is -0.187. The average Bonchev–Trinajstić information content (AvgIpc) is 2.45. The number of aliphatic hydroxyl groups is 1. The standard InChI is InChI=1S/C14H18Cl6N2O3/c1-7(13(15,16)17)5-9-10(23)22(4)12(25,11(24)21(9)3)6-8(2)14(18,19)20/h5,7-8,25H,6H2,1-4H3/b9-5+/t7-,8-,12+/m0/s1. The van der Waals surface area contributed by atoms with Crippen LogP contribution in [-0.4, -0.2) is 54.1 Å². The van der Waals surface area contributed by atoms with Gasteiger partial charge in [0.25, 0.3) is 11.8 Å². The van der Waals surface area contributed by atoms with E-state index in [4.69, 9.17) is 69.6 Å². The van der Waals surface area contributed by atoms with Crippen LogP contribution >= 0.6 is 69.6 Å². The van der Waals surface area contributed by atoms with Crippen molar-refractivity contribution in [3.63, 3.8) is 0 Å². The summed E-state index contributed by atoms with van der Waals surface area (Å²) < 4.78 is -3.37. The predicted octanol–water partition coefficient (Wildman–Crippen LogP) is 3.89. The Labute approximate surface area is 176 Å². The quantitative estimate of drug-likeness (QED) is 0.498. The lowest BCUT2D eigenvalue weighted by Gasteiger charge is -2.45. The van der Waals surface area contributed by atoms with Gasteiger partial charge in [0.2, 0.25) is 5.72 Å². The zero-order valence-corrected chi connectivity index (χ0v) is 18.4. The molecular formula is C14H18Cl6N2O3. The topological polar surface area (TPSA) is 60.9 Å². The maximum atomic E-state index is 12.7. The maximum absolute atomic E-state index is 12.7. The van der Waals surface area contributed by atoms with Crippen molar-refractivity contribution in [1.29, 1.82) is 0 Å². The van der Waals surface area contributed by atoms with Crippen LogP contribution in [0, 0.1) is 11.8 Å². The molecule has 1 N–H and O–H groups in total. The van der Waals surface area contributed by atoms with Crippen LogP contribution in [-0.2, 0) is 9.59 Å². The number of alkyl halides is 6. The van der Waals surface area contributed by atoms with Gasteiger partial charge in [0, 0.05) is 32.4 Å². The summed E-state index contributed by atoms with van der Waals surface area (Å²) in [5, 5.41) is 10.8. The zero-order chi connectivity index (χ0) is 20.0. The highest BCUT2D eigenvalue weighted by molar-refractivity contribution is 6.68. The van der Waals surface area contributed by atoms with Gasteiger partial charge in [-0.2, -0.15) is 0 Å². The second-order valence-electron chi connectivity index (χ2n) is 6.07. The van der Waals surface area contributed by atoms with Crippen LogP contribution in [0.15, 0.2) is 11.8 Å². The molecule has 1 heterocycles. The fraction of sp³-hybridized carbons (Fsp3) is 0.714. The minimum Gasteiger partial charge on any atom is -0.363 e. The highest BCUT2D eigenvalue weighted by atomic mass is 35.6. The van der Waals surface area contributed by atoms with Crippen molar-refractivity contribution in [2.45, 2.75) is 33.6 Å². The number of rotatable bonds is 3. The number of hydrogen-bond acceptors (Lipinski definition) is 3. The molecule has 1 aliphatic rings. The number of halogens is 6. The van der Waals surface area contributed by atoms with E-state index in [-0.39, 0.29) is 12.1 Å². The molecule has 0 saturated carbocycles. The predicted molar refractivity (Wildman–Crippen MR) is 102 cm³/mol. The Bertz CT molecular complexity index is 586. The number of allylic oxidation sites excluding steroid dienone is 1. The molecule has 0 unspecified atom stereocenters. The van der Waals surface area contributed by atoms with Crippen LogP contribution in [0.1, 0.15) is 20.3 Å². The van der Waals surface area contributed by atoms with E-state index in [0.29, 0.717) is 0 Å². The number of piperazine rings is 1. The molecule has 0 spiro atoms. The Kier molecular flexibility index (Phi) is 7.29. The van der Waals surface area contributed by atoms with E-state index in [9.17, 15) is 14.7 Å². The second-order valence-corrected chi connectivity index (χ2v) is 10.8. The second kappa shape index (κ2) is 7.78. The maximum Gasteiger partial charge on any atom is 0.280 e. The first-order valence-electron chi connectivity index (χ1n) is 7.17. The molecule has 0 radical (unpaired) electrons. The third kappa shape index (κ3) is 5.01. The van der Waals surface area contributed by atoms with E-state index in [1.807, 2.05) is 0 Å². The summed E-state index contributed by atoms with van der Waals surface area (Å²) in [5.41, 5.74) is -2.17. The Morgan fingerprint density at radius 3 is 1.96 bits per heavy atom. The van der Waals surface area contributed by atoms with E-state index in [0.717, 1.165) is 9.80 Å². The zero-order valence-electron chi connectivity index (χ0n) is 13.9. The summed E-state index contributed by atoms with van der Waals surface area (Å²) in [6.07, 6.45) is 1.10. The number of carbonyl (C=O) groups excluding carboxylic acids is 2. The van der Waals surface area contributed by atoms with Crippen molar-refractivity contribution in [3.8, 4) is 0 Å². The van der Waals surface area contributed by atoms with Crippen LogP contribution in [0.25, 0.3) is 0 Å². The van der Waals surface area contributed by atoms with Crippen molar-refractivity contribution >= 4 is 81.4 Å². The summed E-state index contributed by atoms with van der Waals surface area (Å²) in [5.74, 6) is -2.74. The molecule has 3 atom stereocenters. The molecule has 0 aromatic heterocycles. The molecule has 0 bridgehead atoms. The van der Waals surface area contributed by atoms with Crippen molar-refractivity contribution in [3.05, 3.63) is 11.8 Å². The Morgan fingerprint density at radius 2 is 1.56 bits per heavy atom. The van der Waals surface area contributed by atoms with Gasteiger partial charge in [-0.1, -0.05) is 83.5 Å². The first-order chi connectivity index (χ1) is 11.0. The van der Waals surface area contributed by atoms with E-state index < -0.39 is 37.0 Å². The van der Waals surface area contributed by atoms with Crippen molar-refractivity contribution < 1.29 is 14.7 Å². The number of amides is 2. The molecular weight excluding hydrogens is 457 g/mol. The van der Waals surface area contributed by atoms with Crippen LogP contribution in [0.2, 0.25) is 0 Å². The monoisotopic (exact) mass is 472 g/mol. The largest absolute Gasteiger partial charge is 0.363 e. The summed E-state index contributed by atoms with van der Waals surface area (Å²) in [6, 6.07) is 0. The number of likely N-dealkylation sites (N-methyl/N-ethyl adjacent to an activating group) is 2. The van der Waals surface area contributed by atoms with E-state index in [1.165, 1.54) is 20.2 Å². The van der Waals surface area contributed by atoms with Gasteiger partial charge in [0.05, 0.1) is 0 Å². The minimum atomic E-state index is -2.16. The van der Waals surface area contributed by atoms with Gasteiger partial charge in [-0.15, -0.1) is 0 Å². The molecule has 5 nitrogen and oxygen atoms in total. The molecule has 11 heteroatoms. The Balaban J connectivity index is 3.24. The van der Waals surface area contributed by atoms with Crippen LogP contribution < -0.4 is 0 Å². The number of nitrogens with zero attached hydrogens (tertiary/aromatic N) is 2. The van der Waals surface area contributed by atoms with Gasteiger partial charge in [-0.3, -0.25) is 9.59 Å². The van der Waals surface area contributed by atoms with E-state index >= 15 is 0 Å². The molecule has 2 amide bonds. The fourth-order valence-corrected chi connectivity index (χ4v) is 2.71. The smallest absolute Gasteiger partial charge is 0.280 e. The van der Waals surface area contributed by atoms with Crippen LogP contribution in [0.4, 0.5) is 0 Å². The van der Waals surface area contributed by atoms with Crippen LogP contribution in [0.5, 0.6) is 0 Å². The highest BCUT2D eigenvalue weighted by Crippen LogP contribution is 2.42. The minimum absolute atomic E-state index is 0.0162. The van der Waals surface area contributed by atoms with Crippen molar-refractivity contribution in [1.82, 2.24) is 9.80 Å². The SMILES string of the molecule is C[C@@H](/C=C1\C(=O)N(C)[C@@](O)(C[C@H](C)C(Cl)(Cl)Cl)C(=O)N1C)C(Cl)(Cl)Cl. The molecule has 1 saturated heterocycles. The third-order valence-corrected chi connectivity index (χ3v) is 6.31. The van der Waals surface area contributed by atoms with Gasteiger partial charge in [0.1, 0.15) is 5.70 Å². The first kappa shape index (κ1) is 23.4. The van der Waals surface area contributed by atoms with E-state index in [2.05, 4.69) is 0 Å². The summed E-state index contributed by atoms with van der Waals surface area (Å²) in [4.78, 5) is 27.3. The number of carbonyl (C=O) groups is 2. The Hall–Kier alpha value is 0.380. The van der Waals surface area contributed by atoms with Gasteiger partial charge in [-0.05, 0) is 6.08 Å². The van der Waals surface area contributed by atoms with Gasteiger partial charge in [0.15, 0.2) is 7.59 Å². The molecule has 1 aliphatic heterocycles. The lowest BCUT2D eigenvalue weighted by Crippen LogP contribution is -2.66. The van der Waals surface area contributed by atoms with Gasteiger partial charge >= 0.3 is 0 Å². The van der Waals surface area contributed by atoms with Crippen molar-refractivity contribution in [2.75, 3.05) is 14.1 Å². The summed E-state index contributed by atoms with van der Waals surface area (Å²) >= 11 is 34.9. The molecule has 144 valence electrons. The van der Waals surface area contributed by atoms with Gasteiger partial charge < -0.3 is 14.9 Å². The summed E-state index contributed by atoms with van der Waals surface area (Å²) in [6.45, 7) is 3.13. The third-order valence-electron chi connectivity index (χ3n) is 4.16. The molecule has 1 rings (SSSR count). The van der Waals surface area contributed by atoms with Gasteiger partial charge in [-0.25, -0.2) is 0 Å². The highest BCUT2D eigenvalue weighted by Gasteiger charge is 2.53. The number of hydrogen-bond donors (Lipinski definition) is 1.